The van der Waals surface area contributed by atoms with E-state index in [-0.39, 0.29) is 5.91 Å². The normalized spacial score (nSPS) is 10.5. The molecule has 0 unspecified atom stereocenters. The fourth-order valence-corrected chi connectivity index (χ4v) is 2.29. The van der Waals surface area contributed by atoms with Crippen LogP contribution in [0.5, 0.6) is 0 Å². The van der Waals surface area contributed by atoms with Gasteiger partial charge in [0.2, 0.25) is 0 Å². The predicted octanol–water partition coefficient (Wildman–Crippen LogP) is 3.01. The molecule has 1 amide bonds. The predicted molar refractivity (Wildman–Crippen MR) is 82.3 cm³/mol. The molecule has 1 aromatic heterocycles. The maximum absolute atomic E-state index is 12.2. The summed E-state index contributed by atoms with van der Waals surface area (Å²) in [6, 6.07) is 9.62. The lowest BCUT2D eigenvalue weighted by Crippen LogP contribution is -2.25. The number of amides is 1. The summed E-state index contributed by atoms with van der Waals surface area (Å²) in [7, 11) is 1.65. The Morgan fingerprint density at radius 1 is 1.35 bits per heavy atom. The maximum atomic E-state index is 12.2. The monoisotopic (exact) mass is 336 g/mol. The SMILES string of the molecule is COCCCNC(=O)c1cc(-n2cccc2)ccc1Br. The van der Waals surface area contributed by atoms with Crippen LogP contribution in [-0.2, 0) is 4.74 Å². The number of rotatable bonds is 6. The summed E-state index contributed by atoms with van der Waals surface area (Å²) in [6.07, 6.45) is 4.70. The first kappa shape index (κ1) is 14.8. The molecule has 2 aromatic rings. The number of nitrogens with one attached hydrogen (secondary N) is 1. The Hall–Kier alpha value is -1.59. The molecule has 1 N–H and O–H groups in total. The van der Waals surface area contributed by atoms with Crippen LogP contribution in [0.4, 0.5) is 0 Å². The lowest BCUT2D eigenvalue weighted by molar-refractivity contribution is 0.0948. The zero-order valence-electron chi connectivity index (χ0n) is 11.3. The summed E-state index contributed by atoms with van der Waals surface area (Å²) in [5.74, 6) is -0.0815. The lowest BCUT2D eigenvalue weighted by Gasteiger charge is -2.09. The van der Waals surface area contributed by atoms with Crippen molar-refractivity contribution in [2.24, 2.45) is 0 Å². The van der Waals surface area contributed by atoms with E-state index in [9.17, 15) is 4.79 Å². The van der Waals surface area contributed by atoms with Crippen molar-refractivity contribution in [3.05, 3.63) is 52.8 Å². The summed E-state index contributed by atoms with van der Waals surface area (Å²) >= 11 is 3.42. The molecular weight excluding hydrogens is 320 g/mol. The minimum atomic E-state index is -0.0815. The number of aromatic nitrogens is 1. The maximum Gasteiger partial charge on any atom is 0.252 e. The molecule has 0 aliphatic heterocycles. The van der Waals surface area contributed by atoms with E-state index < -0.39 is 0 Å². The van der Waals surface area contributed by atoms with Gasteiger partial charge in [-0.05, 0) is 52.7 Å². The van der Waals surface area contributed by atoms with Crippen molar-refractivity contribution in [3.63, 3.8) is 0 Å². The van der Waals surface area contributed by atoms with Crippen LogP contribution in [0.2, 0.25) is 0 Å². The second-order valence-corrected chi connectivity index (χ2v) is 5.21. The number of hydrogen-bond donors (Lipinski definition) is 1. The number of halogens is 1. The number of carbonyl (C=O) groups is 1. The van der Waals surface area contributed by atoms with E-state index in [1.807, 2.05) is 47.3 Å². The van der Waals surface area contributed by atoms with Crippen LogP contribution in [0, 0.1) is 0 Å². The molecule has 1 aromatic carbocycles. The van der Waals surface area contributed by atoms with Gasteiger partial charge in [0.05, 0.1) is 5.56 Å². The second kappa shape index (κ2) is 7.26. The molecule has 2 rings (SSSR count). The van der Waals surface area contributed by atoms with Gasteiger partial charge in [-0.1, -0.05) is 0 Å². The summed E-state index contributed by atoms with van der Waals surface area (Å²) in [5.41, 5.74) is 1.59. The molecule has 0 spiro atoms. The van der Waals surface area contributed by atoms with Crippen molar-refractivity contribution in [1.29, 1.82) is 0 Å². The van der Waals surface area contributed by atoms with E-state index in [0.29, 0.717) is 18.7 Å². The molecule has 4 nitrogen and oxygen atoms in total. The number of carbonyl (C=O) groups excluding carboxylic acids is 1. The highest BCUT2D eigenvalue weighted by Crippen LogP contribution is 2.20. The molecule has 0 fully saturated rings. The van der Waals surface area contributed by atoms with Crippen LogP contribution in [0.1, 0.15) is 16.8 Å². The van der Waals surface area contributed by atoms with Gasteiger partial charge in [0, 0.05) is 42.8 Å². The fourth-order valence-electron chi connectivity index (χ4n) is 1.87. The first-order chi connectivity index (χ1) is 9.72. The largest absolute Gasteiger partial charge is 0.385 e. The Balaban J connectivity index is 2.10. The molecule has 0 saturated heterocycles. The van der Waals surface area contributed by atoms with E-state index in [1.54, 1.807) is 7.11 Å². The summed E-state index contributed by atoms with van der Waals surface area (Å²) in [4.78, 5) is 12.2. The molecule has 20 heavy (non-hydrogen) atoms. The molecule has 0 aliphatic carbocycles. The van der Waals surface area contributed by atoms with Crippen LogP contribution in [0.3, 0.4) is 0 Å². The van der Waals surface area contributed by atoms with Gasteiger partial charge in [-0.2, -0.15) is 0 Å². The zero-order chi connectivity index (χ0) is 14.4. The quantitative estimate of drug-likeness (QED) is 0.824. The van der Waals surface area contributed by atoms with E-state index in [0.717, 1.165) is 16.6 Å². The Labute approximate surface area is 126 Å². The van der Waals surface area contributed by atoms with Crippen molar-refractivity contribution >= 4 is 21.8 Å². The van der Waals surface area contributed by atoms with Crippen LogP contribution in [0.15, 0.2) is 47.2 Å². The fraction of sp³-hybridized carbons (Fsp3) is 0.267. The molecule has 0 saturated carbocycles. The molecule has 0 bridgehead atoms. The van der Waals surface area contributed by atoms with E-state index in [4.69, 9.17) is 4.74 Å². The summed E-state index contributed by atoms with van der Waals surface area (Å²) in [6.45, 7) is 1.25. The van der Waals surface area contributed by atoms with Gasteiger partial charge in [0.1, 0.15) is 0 Å². The van der Waals surface area contributed by atoms with Crippen molar-refractivity contribution in [1.82, 2.24) is 9.88 Å². The minimum absolute atomic E-state index is 0.0815. The number of methoxy groups -OCH3 is 1. The lowest BCUT2D eigenvalue weighted by atomic mass is 10.2. The van der Waals surface area contributed by atoms with Gasteiger partial charge in [0.25, 0.3) is 5.91 Å². The molecule has 0 radical (unpaired) electrons. The van der Waals surface area contributed by atoms with E-state index >= 15 is 0 Å². The second-order valence-electron chi connectivity index (χ2n) is 4.36. The third-order valence-electron chi connectivity index (χ3n) is 2.91. The Morgan fingerprint density at radius 2 is 2.10 bits per heavy atom. The van der Waals surface area contributed by atoms with E-state index in [2.05, 4.69) is 21.2 Å². The minimum Gasteiger partial charge on any atom is -0.385 e. The third-order valence-corrected chi connectivity index (χ3v) is 3.60. The average molecular weight is 337 g/mol. The van der Waals surface area contributed by atoms with Crippen LogP contribution in [0.25, 0.3) is 5.69 Å². The number of ether oxygens (including phenoxy) is 1. The highest BCUT2D eigenvalue weighted by atomic mass is 79.9. The number of hydrogen-bond acceptors (Lipinski definition) is 2. The molecule has 0 atom stereocenters. The average Bonchev–Trinajstić information content (AvgIpc) is 2.98. The van der Waals surface area contributed by atoms with Gasteiger partial charge in [0.15, 0.2) is 0 Å². The summed E-state index contributed by atoms with van der Waals surface area (Å²) < 4.78 is 7.71. The standard InChI is InChI=1S/C15H17BrN2O2/c1-20-10-4-7-17-15(19)13-11-12(5-6-14(13)16)18-8-2-3-9-18/h2-3,5-6,8-9,11H,4,7,10H2,1H3,(H,17,19). The summed E-state index contributed by atoms with van der Waals surface area (Å²) in [5, 5.41) is 2.89. The Bertz CT molecular complexity index is 567. The van der Waals surface area contributed by atoms with Crippen molar-refractivity contribution in [2.45, 2.75) is 6.42 Å². The van der Waals surface area contributed by atoms with Gasteiger partial charge in [-0.25, -0.2) is 0 Å². The van der Waals surface area contributed by atoms with Crippen molar-refractivity contribution in [3.8, 4) is 5.69 Å². The first-order valence-corrected chi connectivity index (χ1v) is 7.21. The molecule has 5 heteroatoms. The Morgan fingerprint density at radius 3 is 2.80 bits per heavy atom. The van der Waals surface area contributed by atoms with E-state index in [1.165, 1.54) is 0 Å². The van der Waals surface area contributed by atoms with Gasteiger partial charge < -0.3 is 14.6 Å². The topological polar surface area (TPSA) is 43.3 Å². The smallest absolute Gasteiger partial charge is 0.252 e. The van der Waals surface area contributed by atoms with Crippen molar-refractivity contribution < 1.29 is 9.53 Å². The van der Waals surface area contributed by atoms with Crippen LogP contribution >= 0.6 is 15.9 Å². The molecule has 0 aliphatic rings. The van der Waals surface area contributed by atoms with Crippen LogP contribution < -0.4 is 5.32 Å². The molecule has 1 heterocycles. The van der Waals surface area contributed by atoms with Crippen LogP contribution in [-0.4, -0.2) is 30.7 Å². The highest BCUT2D eigenvalue weighted by molar-refractivity contribution is 9.10. The third kappa shape index (κ3) is 3.71. The zero-order valence-corrected chi connectivity index (χ0v) is 12.9. The van der Waals surface area contributed by atoms with Gasteiger partial charge in [-0.3, -0.25) is 4.79 Å². The molecular formula is C15H17BrN2O2. The highest BCUT2D eigenvalue weighted by Gasteiger charge is 2.10. The Kier molecular flexibility index (Phi) is 5.38. The van der Waals surface area contributed by atoms with Crippen molar-refractivity contribution in [2.75, 3.05) is 20.3 Å². The number of benzene rings is 1. The first-order valence-electron chi connectivity index (χ1n) is 6.42. The van der Waals surface area contributed by atoms with Gasteiger partial charge in [-0.15, -0.1) is 0 Å². The van der Waals surface area contributed by atoms with Gasteiger partial charge >= 0.3 is 0 Å². The number of nitrogens with zero attached hydrogens (tertiary/aromatic N) is 1. The molecule has 106 valence electrons.